The molecule has 0 atom stereocenters. The molecule has 0 radical (unpaired) electrons. The summed E-state index contributed by atoms with van der Waals surface area (Å²) in [5.74, 6) is 0. The molecule has 94 valence electrons. The molecule has 1 aliphatic rings. The molecular formula is C15H24N2. The molecule has 0 aliphatic carbocycles. The average molecular weight is 232 g/mol. The Balaban J connectivity index is 1.77. The van der Waals surface area contributed by atoms with Crippen LogP contribution in [0.1, 0.15) is 23.1 Å². The molecule has 1 aliphatic heterocycles. The lowest BCUT2D eigenvalue weighted by Gasteiger charge is -2.27. The fraction of sp³-hybridized carbons (Fsp3) is 0.600. The van der Waals surface area contributed by atoms with E-state index in [2.05, 4.69) is 42.3 Å². The van der Waals surface area contributed by atoms with E-state index in [1.807, 2.05) is 0 Å². The first-order valence-corrected chi connectivity index (χ1v) is 6.75. The van der Waals surface area contributed by atoms with Gasteiger partial charge in [-0.2, -0.15) is 0 Å². The predicted molar refractivity (Wildman–Crippen MR) is 73.5 cm³/mol. The molecule has 17 heavy (non-hydrogen) atoms. The lowest BCUT2D eigenvalue weighted by molar-refractivity contribution is 0.238. The Bertz CT molecular complexity index is 354. The van der Waals surface area contributed by atoms with E-state index in [-0.39, 0.29) is 0 Å². The van der Waals surface area contributed by atoms with Gasteiger partial charge in [0.15, 0.2) is 0 Å². The monoisotopic (exact) mass is 232 g/mol. The highest BCUT2D eigenvalue weighted by Crippen LogP contribution is 2.12. The van der Waals surface area contributed by atoms with Crippen LogP contribution in [0.3, 0.4) is 0 Å². The van der Waals surface area contributed by atoms with Crippen molar-refractivity contribution in [3.05, 3.63) is 34.9 Å². The van der Waals surface area contributed by atoms with Gasteiger partial charge >= 0.3 is 0 Å². The summed E-state index contributed by atoms with van der Waals surface area (Å²) in [6.07, 6.45) is 2.50. The summed E-state index contributed by atoms with van der Waals surface area (Å²) >= 11 is 0. The van der Waals surface area contributed by atoms with E-state index in [9.17, 15) is 0 Å². The number of hydrogen-bond acceptors (Lipinski definition) is 2. The van der Waals surface area contributed by atoms with Crippen molar-refractivity contribution in [2.75, 3.05) is 32.7 Å². The van der Waals surface area contributed by atoms with Gasteiger partial charge in [0.25, 0.3) is 0 Å². The molecule has 2 rings (SSSR count). The first-order chi connectivity index (χ1) is 8.25. The zero-order valence-electron chi connectivity index (χ0n) is 11.1. The molecule has 1 N–H and O–H groups in total. The Hall–Kier alpha value is -0.860. The maximum absolute atomic E-state index is 3.40. The van der Waals surface area contributed by atoms with Crippen LogP contribution in [0, 0.1) is 13.8 Å². The zero-order chi connectivity index (χ0) is 12.1. The van der Waals surface area contributed by atoms with Crippen molar-refractivity contribution >= 4 is 0 Å². The largest absolute Gasteiger partial charge is 0.314 e. The van der Waals surface area contributed by atoms with Crippen molar-refractivity contribution in [3.8, 4) is 0 Å². The summed E-state index contributed by atoms with van der Waals surface area (Å²) in [6, 6.07) is 6.82. The van der Waals surface area contributed by atoms with Crippen LogP contribution < -0.4 is 5.32 Å². The van der Waals surface area contributed by atoms with E-state index in [4.69, 9.17) is 0 Å². The van der Waals surface area contributed by atoms with Crippen molar-refractivity contribution < 1.29 is 0 Å². The van der Waals surface area contributed by atoms with Crippen molar-refractivity contribution in [3.63, 3.8) is 0 Å². The number of hydrogen-bond donors (Lipinski definition) is 1. The van der Waals surface area contributed by atoms with Gasteiger partial charge in [-0.05, 0) is 44.4 Å². The van der Waals surface area contributed by atoms with Crippen LogP contribution in [0.2, 0.25) is 0 Å². The second-order valence-electron chi connectivity index (χ2n) is 5.13. The first kappa shape index (κ1) is 12.6. The number of benzene rings is 1. The Morgan fingerprint density at radius 3 is 2.65 bits per heavy atom. The van der Waals surface area contributed by atoms with E-state index in [1.165, 1.54) is 49.2 Å². The first-order valence-electron chi connectivity index (χ1n) is 6.75. The van der Waals surface area contributed by atoms with Gasteiger partial charge in [-0.25, -0.2) is 0 Å². The highest BCUT2D eigenvalue weighted by atomic mass is 15.2. The quantitative estimate of drug-likeness (QED) is 0.855. The van der Waals surface area contributed by atoms with Crippen LogP contribution in [-0.4, -0.2) is 37.6 Å². The molecule has 1 aromatic carbocycles. The third-order valence-corrected chi connectivity index (χ3v) is 3.63. The molecule has 1 heterocycles. The van der Waals surface area contributed by atoms with Crippen molar-refractivity contribution in [1.29, 1.82) is 0 Å². The molecule has 1 fully saturated rings. The lowest BCUT2D eigenvalue weighted by Crippen LogP contribution is -2.43. The Labute approximate surface area is 105 Å². The van der Waals surface area contributed by atoms with Crippen molar-refractivity contribution in [2.45, 2.75) is 26.7 Å². The maximum Gasteiger partial charge on any atom is 0.0107 e. The lowest BCUT2D eigenvalue weighted by atomic mass is 10.0. The summed E-state index contributed by atoms with van der Waals surface area (Å²) in [6.45, 7) is 10.4. The Morgan fingerprint density at radius 1 is 1.18 bits per heavy atom. The summed E-state index contributed by atoms with van der Waals surface area (Å²) in [7, 11) is 0. The molecule has 1 saturated heterocycles. The van der Waals surface area contributed by atoms with E-state index in [0.29, 0.717) is 0 Å². The minimum Gasteiger partial charge on any atom is -0.314 e. The van der Waals surface area contributed by atoms with Crippen LogP contribution in [0.25, 0.3) is 0 Å². The van der Waals surface area contributed by atoms with Gasteiger partial charge in [-0.15, -0.1) is 0 Å². The minimum atomic E-state index is 1.16. The van der Waals surface area contributed by atoms with Gasteiger partial charge in [0.2, 0.25) is 0 Å². The molecule has 0 amide bonds. The van der Waals surface area contributed by atoms with Crippen LogP contribution in [0.5, 0.6) is 0 Å². The third-order valence-electron chi connectivity index (χ3n) is 3.63. The SMILES string of the molecule is Cc1ccc(CCCN2CCNCC2)c(C)c1. The predicted octanol–water partition coefficient (Wildman–Crippen LogP) is 2.14. The number of nitrogens with zero attached hydrogens (tertiary/aromatic N) is 1. The van der Waals surface area contributed by atoms with Crippen LogP contribution in [0.4, 0.5) is 0 Å². The Morgan fingerprint density at radius 2 is 1.94 bits per heavy atom. The van der Waals surface area contributed by atoms with E-state index in [0.717, 1.165) is 13.1 Å². The molecule has 2 heteroatoms. The van der Waals surface area contributed by atoms with Crippen molar-refractivity contribution in [2.24, 2.45) is 0 Å². The van der Waals surface area contributed by atoms with Crippen LogP contribution >= 0.6 is 0 Å². The number of rotatable bonds is 4. The number of aryl methyl sites for hydroxylation is 3. The fourth-order valence-corrected chi connectivity index (χ4v) is 2.55. The number of piperazine rings is 1. The molecule has 2 nitrogen and oxygen atoms in total. The second-order valence-corrected chi connectivity index (χ2v) is 5.13. The fourth-order valence-electron chi connectivity index (χ4n) is 2.55. The van der Waals surface area contributed by atoms with Gasteiger partial charge in [-0.3, -0.25) is 0 Å². The summed E-state index contributed by atoms with van der Waals surface area (Å²) < 4.78 is 0. The summed E-state index contributed by atoms with van der Waals surface area (Å²) in [5, 5.41) is 3.40. The smallest absolute Gasteiger partial charge is 0.0107 e. The second kappa shape index (κ2) is 6.18. The zero-order valence-corrected chi connectivity index (χ0v) is 11.1. The van der Waals surface area contributed by atoms with Gasteiger partial charge < -0.3 is 10.2 Å². The van der Waals surface area contributed by atoms with Gasteiger partial charge in [0.1, 0.15) is 0 Å². The molecule has 0 saturated carbocycles. The highest BCUT2D eigenvalue weighted by molar-refractivity contribution is 5.30. The average Bonchev–Trinajstić information content (AvgIpc) is 2.33. The van der Waals surface area contributed by atoms with Gasteiger partial charge in [0, 0.05) is 26.2 Å². The molecule has 0 unspecified atom stereocenters. The molecule has 0 spiro atoms. The molecule has 0 bridgehead atoms. The third kappa shape index (κ3) is 3.83. The summed E-state index contributed by atoms with van der Waals surface area (Å²) in [5.41, 5.74) is 4.34. The summed E-state index contributed by atoms with van der Waals surface area (Å²) in [4.78, 5) is 2.57. The molecule has 1 aromatic rings. The normalized spacial score (nSPS) is 17.3. The van der Waals surface area contributed by atoms with Gasteiger partial charge in [0.05, 0.1) is 0 Å². The van der Waals surface area contributed by atoms with E-state index < -0.39 is 0 Å². The molecular weight excluding hydrogens is 208 g/mol. The number of nitrogens with one attached hydrogen (secondary N) is 1. The van der Waals surface area contributed by atoms with Crippen LogP contribution in [0.15, 0.2) is 18.2 Å². The maximum atomic E-state index is 3.40. The van der Waals surface area contributed by atoms with E-state index in [1.54, 1.807) is 0 Å². The Kier molecular flexibility index (Phi) is 4.57. The minimum absolute atomic E-state index is 1.16. The van der Waals surface area contributed by atoms with Crippen molar-refractivity contribution in [1.82, 2.24) is 10.2 Å². The van der Waals surface area contributed by atoms with E-state index >= 15 is 0 Å². The highest BCUT2D eigenvalue weighted by Gasteiger charge is 2.08. The van der Waals surface area contributed by atoms with Gasteiger partial charge in [-0.1, -0.05) is 23.8 Å². The molecule has 0 aromatic heterocycles. The topological polar surface area (TPSA) is 15.3 Å². The van der Waals surface area contributed by atoms with Crippen LogP contribution in [-0.2, 0) is 6.42 Å². The standard InChI is InChI=1S/C15H24N2/c1-13-5-6-15(14(2)12-13)4-3-9-17-10-7-16-8-11-17/h5-6,12,16H,3-4,7-11H2,1-2H3.